The third-order valence-electron chi connectivity index (χ3n) is 18.1. The highest BCUT2D eigenvalue weighted by atomic mass is 15.2. The number of aryl methyl sites for hydroxylation is 7. The van der Waals surface area contributed by atoms with Gasteiger partial charge in [-0.15, -0.1) is 0 Å². The number of hydrogen-bond donors (Lipinski definition) is 0. The van der Waals surface area contributed by atoms with Crippen molar-refractivity contribution in [2.45, 2.75) is 145 Å². The van der Waals surface area contributed by atoms with Crippen molar-refractivity contribution in [3.63, 3.8) is 0 Å². The summed E-state index contributed by atoms with van der Waals surface area (Å²) in [5.74, 6) is 0. The van der Waals surface area contributed by atoms with Crippen LogP contribution < -0.4 is 24.5 Å². The van der Waals surface area contributed by atoms with Crippen LogP contribution in [0.2, 0.25) is 0 Å². The van der Waals surface area contributed by atoms with Gasteiger partial charge in [-0.1, -0.05) is 163 Å². The van der Waals surface area contributed by atoms with Gasteiger partial charge in [-0.05, 0) is 288 Å². The molecule has 5 nitrogen and oxygen atoms in total. The highest BCUT2D eigenvalue weighted by Gasteiger charge is 2.22. The molecular formula is C88H95N5. The van der Waals surface area contributed by atoms with Gasteiger partial charge in [-0.3, -0.25) is 0 Å². The SMILES string of the molecule is CCCCc1ccc(N(c2ccc(C)cc2)c2ccc(N(c3ccc(C)cc3)c3ccc(N(c4ccc(N(c5ccc(CCCC)cc5)c5ccc(CCCC)cc5)cc4)c4ccc(N(c5ccc(CCCC)cc5)c5ccc(CCCC)cc5)cc4)cc3)cc2)cc1. The molecule has 472 valence electrons. The lowest BCUT2D eigenvalue weighted by molar-refractivity contribution is 0.795. The lowest BCUT2D eigenvalue weighted by Crippen LogP contribution is -2.14. The van der Waals surface area contributed by atoms with Gasteiger partial charge in [0, 0.05) is 85.3 Å². The van der Waals surface area contributed by atoms with Crippen molar-refractivity contribution in [1.82, 2.24) is 0 Å². The molecule has 11 rings (SSSR count). The molecule has 0 aliphatic carbocycles. The zero-order chi connectivity index (χ0) is 64.3. The van der Waals surface area contributed by atoms with E-state index in [1.165, 1.54) is 103 Å². The van der Waals surface area contributed by atoms with Crippen LogP contribution in [-0.4, -0.2) is 0 Å². The molecule has 93 heavy (non-hydrogen) atoms. The fraction of sp³-hybridized carbons (Fsp3) is 0.250. The molecule has 0 heterocycles. The van der Waals surface area contributed by atoms with Gasteiger partial charge >= 0.3 is 0 Å². The van der Waals surface area contributed by atoms with Crippen molar-refractivity contribution in [2.24, 2.45) is 0 Å². The average molecular weight is 1220 g/mol. The van der Waals surface area contributed by atoms with E-state index >= 15 is 0 Å². The minimum absolute atomic E-state index is 1.05. The maximum absolute atomic E-state index is 2.41. The lowest BCUT2D eigenvalue weighted by Gasteiger charge is -2.31. The molecule has 5 heteroatoms. The monoisotopic (exact) mass is 1220 g/mol. The fourth-order valence-corrected chi connectivity index (χ4v) is 12.6. The smallest absolute Gasteiger partial charge is 0.0463 e. The standard InChI is InChI=1S/C88H95N5/c1-8-13-18-69-27-41-76(42-28-69)89(74-37-23-67(6)24-38-74)81-51-53-82(54-52-81)90(75-39-25-68(7)26-40-75)83-55-61-86(62-56-83)93(87-63-57-84(58-64-87)91(77-43-29-70(30-44-77)19-14-9-2)78-45-31-71(32-46-78)20-15-10-3)88-65-59-85(60-66-88)92(79-47-33-72(34-48-79)21-16-11-4)80-49-35-73(36-50-80)22-17-12-5/h23-66H,8-22H2,1-7H3. The molecule has 0 saturated heterocycles. The van der Waals surface area contributed by atoms with E-state index < -0.39 is 0 Å². The lowest BCUT2D eigenvalue weighted by atomic mass is 10.1. The summed E-state index contributed by atoms with van der Waals surface area (Å²) >= 11 is 0. The van der Waals surface area contributed by atoms with Crippen molar-refractivity contribution >= 4 is 85.3 Å². The summed E-state index contributed by atoms with van der Waals surface area (Å²) in [4.78, 5) is 12.0. The van der Waals surface area contributed by atoms with Gasteiger partial charge in [-0.25, -0.2) is 0 Å². The molecule has 0 radical (unpaired) electrons. The summed E-state index contributed by atoms with van der Waals surface area (Å²) in [6.07, 6.45) is 17.3. The molecule has 11 aromatic rings. The van der Waals surface area contributed by atoms with E-state index in [0.29, 0.717) is 0 Å². The first-order chi connectivity index (χ1) is 45.7. The Morgan fingerprint density at radius 3 is 0.387 bits per heavy atom. The Hall–Kier alpha value is -9.58. The Balaban J connectivity index is 0.986. The maximum atomic E-state index is 2.41. The first-order valence-electron chi connectivity index (χ1n) is 34.7. The molecule has 0 aliphatic heterocycles. The van der Waals surface area contributed by atoms with Crippen molar-refractivity contribution in [2.75, 3.05) is 24.5 Å². The second kappa shape index (κ2) is 32.1. The zero-order valence-corrected chi connectivity index (χ0v) is 56.2. The van der Waals surface area contributed by atoms with Crippen LogP contribution in [0.15, 0.2) is 267 Å². The van der Waals surface area contributed by atoms with Crippen molar-refractivity contribution in [3.05, 3.63) is 306 Å². The van der Waals surface area contributed by atoms with Gasteiger partial charge in [0.05, 0.1) is 0 Å². The Morgan fingerprint density at radius 1 is 0.161 bits per heavy atom. The van der Waals surface area contributed by atoms with Gasteiger partial charge in [0.1, 0.15) is 0 Å². The molecule has 0 fully saturated rings. The van der Waals surface area contributed by atoms with Crippen LogP contribution in [0, 0.1) is 13.8 Å². The minimum atomic E-state index is 1.05. The van der Waals surface area contributed by atoms with E-state index in [9.17, 15) is 0 Å². The zero-order valence-electron chi connectivity index (χ0n) is 56.2. The minimum Gasteiger partial charge on any atom is -0.311 e. The molecule has 0 N–H and O–H groups in total. The Kier molecular flexibility index (Phi) is 22.4. The summed E-state index contributed by atoms with van der Waals surface area (Å²) in [6, 6.07) is 100. The van der Waals surface area contributed by atoms with E-state index in [0.717, 1.165) is 117 Å². The molecule has 11 aromatic carbocycles. The molecule has 0 unspecified atom stereocenters. The number of hydrogen-bond acceptors (Lipinski definition) is 5. The first-order valence-corrected chi connectivity index (χ1v) is 34.7. The number of nitrogens with zero attached hydrogens (tertiary/aromatic N) is 5. The highest BCUT2D eigenvalue weighted by Crippen LogP contribution is 2.45. The topological polar surface area (TPSA) is 16.2 Å². The van der Waals surface area contributed by atoms with Crippen LogP contribution in [-0.2, 0) is 32.1 Å². The molecular weight excluding hydrogens is 1130 g/mol. The van der Waals surface area contributed by atoms with E-state index in [2.05, 4.69) is 340 Å². The number of unbranched alkanes of at least 4 members (excludes halogenated alkanes) is 5. The third-order valence-corrected chi connectivity index (χ3v) is 18.1. The second-order valence-electron chi connectivity index (χ2n) is 25.3. The number of benzene rings is 11. The molecule has 0 spiro atoms. The second-order valence-corrected chi connectivity index (χ2v) is 25.3. The van der Waals surface area contributed by atoms with Crippen LogP contribution in [0.4, 0.5) is 85.3 Å². The van der Waals surface area contributed by atoms with Crippen molar-refractivity contribution in [1.29, 1.82) is 0 Å². The van der Waals surface area contributed by atoms with Crippen molar-refractivity contribution in [3.8, 4) is 0 Å². The van der Waals surface area contributed by atoms with Gasteiger partial charge in [-0.2, -0.15) is 0 Å². The Bertz CT molecular complexity index is 3750. The number of anilines is 15. The van der Waals surface area contributed by atoms with E-state index in [4.69, 9.17) is 0 Å². The first kappa shape index (κ1) is 64.9. The largest absolute Gasteiger partial charge is 0.311 e. The third kappa shape index (κ3) is 16.4. The summed E-state index contributed by atoms with van der Waals surface area (Å²) in [5, 5.41) is 0. The van der Waals surface area contributed by atoms with E-state index in [1.807, 2.05) is 0 Å². The van der Waals surface area contributed by atoms with Gasteiger partial charge in [0.25, 0.3) is 0 Å². The van der Waals surface area contributed by atoms with Crippen LogP contribution in [0.3, 0.4) is 0 Å². The molecule has 0 bridgehead atoms. The molecule has 0 atom stereocenters. The van der Waals surface area contributed by atoms with Crippen LogP contribution in [0.1, 0.15) is 138 Å². The van der Waals surface area contributed by atoms with E-state index in [-0.39, 0.29) is 0 Å². The predicted octanol–water partition coefficient (Wildman–Crippen LogP) is 26.4. The van der Waals surface area contributed by atoms with E-state index in [1.54, 1.807) is 0 Å². The molecule has 0 aliphatic rings. The molecule has 0 saturated carbocycles. The summed E-state index contributed by atoms with van der Waals surface area (Å²) in [7, 11) is 0. The van der Waals surface area contributed by atoms with Gasteiger partial charge in [0.15, 0.2) is 0 Å². The van der Waals surface area contributed by atoms with Gasteiger partial charge < -0.3 is 24.5 Å². The van der Waals surface area contributed by atoms with Gasteiger partial charge in [0.2, 0.25) is 0 Å². The van der Waals surface area contributed by atoms with Crippen LogP contribution in [0.25, 0.3) is 0 Å². The Morgan fingerprint density at radius 2 is 0.269 bits per heavy atom. The number of rotatable bonds is 30. The Labute approximate surface area is 557 Å². The summed E-state index contributed by atoms with van der Waals surface area (Å²) in [5.41, 5.74) is 25.9. The molecule has 0 aromatic heterocycles. The molecule has 0 amide bonds. The quantitative estimate of drug-likeness (QED) is 0.0445. The summed E-state index contributed by atoms with van der Waals surface area (Å²) < 4.78 is 0. The fourth-order valence-electron chi connectivity index (χ4n) is 12.6. The van der Waals surface area contributed by atoms with Crippen LogP contribution >= 0.6 is 0 Å². The predicted molar refractivity (Wildman–Crippen MR) is 402 cm³/mol. The average Bonchev–Trinajstić information content (AvgIpc) is 1.21. The van der Waals surface area contributed by atoms with Crippen LogP contribution in [0.5, 0.6) is 0 Å². The van der Waals surface area contributed by atoms with Crippen molar-refractivity contribution < 1.29 is 0 Å². The normalized spacial score (nSPS) is 11.2. The summed E-state index contributed by atoms with van der Waals surface area (Å²) in [6.45, 7) is 15.6. The maximum Gasteiger partial charge on any atom is 0.0463 e. The highest BCUT2D eigenvalue weighted by molar-refractivity contribution is 5.86.